The van der Waals surface area contributed by atoms with Crippen LogP contribution in [0.4, 0.5) is 0 Å². The smallest absolute Gasteiger partial charge is 0.265 e. The molecule has 23 heavy (non-hydrogen) atoms. The molecule has 1 aliphatic rings. The predicted octanol–water partition coefficient (Wildman–Crippen LogP) is 2.32. The van der Waals surface area contributed by atoms with E-state index in [1.807, 2.05) is 13.8 Å². The fourth-order valence-corrected chi connectivity index (χ4v) is 3.48. The molecule has 2 aromatic heterocycles. The Hall–Kier alpha value is -2.46. The van der Waals surface area contributed by atoms with E-state index in [0.717, 1.165) is 17.1 Å². The van der Waals surface area contributed by atoms with Crippen LogP contribution in [0.1, 0.15) is 32.4 Å². The number of carbonyl (C=O) groups excluding carboxylic acids is 1. The third-order valence-electron chi connectivity index (χ3n) is 3.68. The minimum atomic E-state index is -0.102. The number of likely N-dealkylation sites (tertiary alicyclic amines) is 1. The molecule has 0 aromatic carbocycles. The summed E-state index contributed by atoms with van der Waals surface area (Å²) < 4.78 is 5.80. The molecule has 1 atom stereocenters. The molecule has 0 spiro atoms. The van der Waals surface area contributed by atoms with E-state index < -0.39 is 0 Å². The van der Waals surface area contributed by atoms with Gasteiger partial charge >= 0.3 is 0 Å². The summed E-state index contributed by atoms with van der Waals surface area (Å²) in [5.74, 6) is 0.436. The first-order valence-corrected chi connectivity index (χ1v) is 8.14. The Bertz CT molecular complexity index is 781. The van der Waals surface area contributed by atoms with Crippen molar-refractivity contribution in [3.8, 4) is 11.9 Å². The van der Waals surface area contributed by atoms with Gasteiger partial charge in [-0.15, -0.1) is 11.3 Å². The topological polar surface area (TPSA) is 79.1 Å². The van der Waals surface area contributed by atoms with Crippen LogP contribution in [-0.4, -0.2) is 40.0 Å². The van der Waals surface area contributed by atoms with E-state index in [9.17, 15) is 4.79 Å². The molecule has 3 rings (SSSR count). The number of pyridine rings is 1. The Morgan fingerprint density at radius 2 is 2.35 bits per heavy atom. The van der Waals surface area contributed by atoms with Crippen LogP contribution in [0.2, 0.25) is 0 Å². The normalized spacial score (nSPS) is 17.1. The van der Waals surface area contributed by atoms with Crippen LogP contribution in [-0.2, 0) is 0 Å². The van der Waals surface area contributed by atoms with Gasteiger partial charge in [-0.2, -0.15) is 5.26 Å². The molecule has 0 radical (unpaired) electrons. The monoisotopic (exact) mass is 328 g/mol. The van der Waals surface area contributed by atoms with Crippen LogP contribution >= 0.6 is 11.3 Å². The summed E-state index contributed by atoms with van der Waals surface area (Å²) in [6.07, 6.45) is 2.20. The van der Waals surface area contributed by atoms with Crippen LogP contribution in [0.25, 0.3) is 0 Å². The van der Waals surface area contributed by atoms with E-state index in [-0.39, 0.29) is 12.0 Å². The van der Waals surface area contributed by atoms with Gasteiger partial charge in [-0.3, -0.25) is 4.79 Å². The van der Waals surface area contributed by atoms with Crippen LogP contribution < -0.4 is 4.74 Å². The molecule has 1 fully saturated rings. The molecule has 7 heteroatoms. The van der Waals surface area contributed by atoms with Gasteiger partial charge < -0.3 is 9.64 Å². The Kier molecular flexibility index (Phi) is 4.26. The van der Waals surface area contributed by atoms with Gasteiger partial charge in [0.1, 0.15) is 11.0 Å². The number of rotatable bonds is 3. The minimum absolute atomic E-state index is 0.0120. The number of thiazole rings is 1. The van der Waals surface area contributed by atoms with Crippen LogP contribution in [0.3, 0.4) is 0 Å². The van der Waals surface area contributed by atoms with Gasteiger partial charge in [0.05, 0.1) is 28.9 Å². The quantitative estimate of drug-likeness (QED) is 0.864. The van der Waals surface area contributed by atoms with Crippen molar-refractivity contribution in [1.82, 2.24) is 14.9 Å². The Balaban J connectivity index is 1.65. The molecular formula is C16H16N4O2S. The van der Waals surface area contributed by atoms with Gasteiger partial charge in [0.15, 0.2) is 0 Å². The number of aromatic nitrogens is 2. The standard InChI is InChI=1S/C16H16N4O2S/c1-10-15(23-11(2)19-10)16(21)20-6-4-13(9-20)22-14-7-12(8-17)3-5-18-14/h3,5,7,13H,4,6,9H2,1-2H3. The molecule has 0 N–H and O–H groups in total. The maximum absolute atomic E-state index is 12.6. The predicted molar refractivity (Wildman–Crippen MR) is 85.5 cm³/mol. The van der Waals surface area contributed by atoms with Crippen LogP contribution in [0.15, 0.2) is 18.3 Å². The number of hydrogen-bond donors (Lipinski definition) is 0. The first kappa shape index (κ1) is 15.4. The Morgan fingerprint density at radius 3 is 3.04 bits per heavy atom. The number of carbonyl (C=O) groups is 1. The number of amides is 1. The van der Waals surface area contributed by atoms with Crippen LogP contribution in [0.5, 0.6) is 5.88 Å². The van der Waals surface area contributed by atoms with Crippen molar-refractivity contribution in [2.75, 3.05) is 13.1 Å². The summed E-state index contributed by atoms with van der Waals surface area (Å²) in [7, 11) is 0. The van der Waals surface area contributed by atoms with E-state index in [0.29, 0.717) is 29.4 Å². The molecule has 2 aromatic rings. The molecular weight excluding hydrogens is 312 g/mol. The summed E-state index contributed by atoms with van der Waals surface area (Å²) >= 11 is 1.43. The fourth-order valence-electron chi connectivity index (χ4n) is 2.60. The highest BCUT2D eigenvalue weighted by atomic mass is 32.1. The zero-order valence-electron chi connectivity index (χ0n) is 12.9. The first-order valence-electron chi connectivity index (χ1n) is 7.33. The lowest BCUT2D eigenvalue weighted by atomic mass is 10.3. The maximum atomic E-state index is 12.6. The van der Waals surface area contributed by atoms with Gasteiger partial charge in [-0.1, -0.05) is 0 Å². The summed E-state index contributed by atoms with van der Waals surface area (Å²) in [6.45, 7) is 4.93. The lowest BCUT2D eigenvalue weighted by Crippen LogP contribution is -2.30. The van der Waals surface area contributed by atoms with E-state index in [4.69, 9.17) is 10.00 Å². The second-order valence-electron chi connectivity index (χ2n) is 5.42. The maximum Gasteiger partial charge on any atom is 0.265 e. The van der Waals surface area contributed by atoms with Gasteiger partial charge in [0.2, 0.25) is 5.88 Å². The third kappa shape index (κ3) is 3.32. The minimum Gasteiger partial charge on any atom is -0.472 e. The highest BCUT2D eigenvalue weighted by Crippen LogP contribution is 2.23. The summed E-state index contributed by atoms with van der Waals surface area (Å²) in [5, 5.41) is 9.80. The van der Waals surface area contributed by atoms with Crippen molar-refractivity contribution in [3.63, 3.8) is 0 Å². The zero-order chi connectivity index (χ0) is 16.4. The number of aryl methyl sites for hydroxylation is 2. The Labute approximate surface area is 138 Å². The van der Waals surface area contributed by atoms with Crippen molar-refractivity contribution in [3.05, 3.63) is 39.5 Å². The molecule has 6 nitrogen and oxygen atoms in total. The molecule has 3 heterocycles. The van der Waals surface area contributed by atoms with E-state index in [2.05, 4.69) is 16.0 Å². The van der Waals surface area contributed by atoms with Gasteiger partial charge in [0.25, 0.3) is 5.91 Å². The van der Waals surface area contributed by atoms with Gasteiger partial charge in [0, 0.05) is 25.2 Å². The van der Waals surface area contributed by atoms with Crippen molar-refractivity contribution < 1.29 is 9.53 Å². The number of hydrogen-bond acceptors (Lipinski definition) is 6. The molecule has 0 aliphatic carbocycles. The average Bonchev–Trinajstić information content (AvgIpc) is 3.13. The largest absolute Gasteiger partial charge is 0.472 e. The van der Waals surface area contributed by atoms with E-state index in [1.54, 1.807) is 23.2 Å². The lowest BCUT2D eigenvalue weighted by Gasteiger charge is -2.16. The van der Waals surface area contributed by atoms with Crippen LogP contribution in [0, 0.1) is 25.2 Å². The summed E-state index contributed by atoms with van der Waals surface area (Å²) in [4.78, 5) is 23.5. The summed E-state index contributed by atoms with van der Waals surface area (Å²) in [6, 6.07) is 5.30. The average molecular weight is 328 g/mol. The lowest BCUT2D eigenvalue weighted by molar-refractivity contribution is 0.0775. The fraction of sp³-hybridized carbons (Fsp3) is 0.375. The zero-order valence-corrected chi connectivity index (χ0v) is 13.8. The SMILES string of the molecule is Cc1nc(C)c(C(=O)N2CCC(Oc3cc(C#N)ccn3)C2)s1. The number of ether oxygens (including phenoxy) is 1. The highest BCUT2D eigenvalue weighted by Gasteiger charge is 2.30. The van der Waals surface area contributed by atoms with E-state index >= 15 is 0 Å². The summed E-state index contributed by atoms with van der Waals surface area (Å²) in [5.41, 5.74) is 1.29. The van der Waals surface area contributed by atoms with Crippen molar-refractivity contribution in [2.45, 2.75) is 26.4 Å². The molecule has 0 saturated carbocycles. The van der Waals surface area contributed by atoms with Crippen molar-refractivity contribution in [1.29, 1.82) is 5.26 Å². The number of nitriles is 1. The van der Waals surface area contributed by atoms with E-state index in [1.165, 1.54) is 11.3 Å². The molecule has 118 valence electrons. The number of nitrogens with zero attached hydrogens (tertiary/aromatic N) is 4. The third-order valence-corrected chi connectivity index (χ3v) is 4.74. The first-order chi connectivity index (χ1) is 11.1. The van der Waals surface area contributed by atoms with Gasteiger partial charge in [-0.25, -0.2) is 9.97 Å². The Morgan fingerprint density at radius 1 is 1.52 bits per heavy atom. The highest BCUT2D eigenvalue weighted by molar-refractivity contribution is 7.13. The molecule has 1 unspecified atom stereocenters. The van der Waals surface area contributed by atoms with Gasteiger partial charge in [-0.05, 0) is 19.9 Å². The second-order valence-corrected chi connectivity index (χ2v) is 6.62. The van der Waals surface area contributed by atoms with Crippen molar-refractivity contribution >= 4 is 17.2 Å². The van der Waals surface area contributed by atoms with Crippen molar-refractivity contribution in [2.24, 2.45) is 0 Å². The second kappa shape index (κ2) is 6.34. The molecule has 0 bridgehead atoms. The molecule has 1 aliphatic heterocycles. The molecule has 1 amide bonds. The molecule has 1 saturated heterocycles.